The van der Waals surface area contributed by atoms with Crippen molar-refractivity contribution in [3.63, 3.8) is 0 Å². The van der Waals surface area contributed by atoms with Gasteiger partial charge in [-0.15, -0.1) is 0 Å². The van der Waals surface area contributed by atoms with E-state index in [9.17, 15) is 19.5 Å². The number of carbonyl (C=O) groups excluding carboxylic acids is 3. The fraction of sp³-hybridized carbons (Fsp3) is 0.375. The van der Waals surface area contributed by atoms with Gasteiger partial charge in [0.05, 0.1) is 0 Å². The molecule has 0 bridgehead atoms. The van der Waals surface area contributed by atoms with E-state index in [-0.39, 0.29) is 17.0 Å². The zero-order chi connectivity index (χ0) is 21.8. The zero-order valence-corrected chi connectivity index (χ0v) is 17.5. The minimum atomic E-state index is -2.13. The molecule has 0 spiro atoms. The molecule has 3 atom stereocenters. The molecule has 0 saturated heterocycles. The third-order valence-electron chi connectivity index (χ3n) is 6.30. The lowest BCUT2D eigenvalue weighted by Crippen LogP contribution is -2.61. The van der Waals surface area contributed by atoms with Gasteiger partial charge in [0.2, 0.25) is 17.1 Å². The van der Waals surface area contributed by atoms with E-state index in [1.54, 1.807) is 43.3 Å². The number of amides is 1. The molecule has 2 aliphatic rings. The van der Waals surface area contributed by atoms with E-state index >= 15 is 0 Å². The SMILES string of the molecule is CCC(C)C(=O)C(=O)NC12C(=O)c3ccccc3C1(O)Oc1cc(C(C)C)ccc12. The Morgan fingerprint density at radius 1 is 1.10 bits per heavy atom. The molecule has 0 radical (unpaired) electrons. The summed E-state index contributed by atoms with van der Waals surface area (Å²) < 4.78 is 5.99. The van der Waals surface area contributed by atoms with Crippen LogP contribution in [-0.2, 0) is 20.9 Å². The van der Waals surface area contributed by atoms with Gasteiger partial charge in [-0.2, -0.15) is 0 Å². The quantitative estimate of drug-likeness (QED) is 0.743. The van der Waals surface area contributed by atoms with E-state index in [1.807, 2.05) is 26.8 Å². The molecule has 2 aromatic carbocycles. The van der Waals surface area contributed by atoms with E-state index in [2.05, 4.69) is 5.32 Å². The highest BCUT2D eigenvalue weighted by Gasteiger charge is 2.71. The smallest absolute Gasteiger partial charge is 0.288 e. The summed E-state index contributed by atoms with van der Waals surface area (Å²) in [5.41, 5.74) is -0.0681. The summed E-state index contributed by atoms with van der Waals surface area (Å²) in [6.45, 7) is 7.51. The largest absolute Gasteiger partial charge is 0.454 e. The fourth-order valence-electron chi connectivity index (χ4n) is 4.27. The van der Waals surface area contributed by atoms with Gasteiger partial charge in [0.25, 0.3) is 11.7 Å². The van der Waals surface area contributed by atoms with Crippen molar-refractivity contribution >= 4 is 17.5 Å². The molecule has 0 fully saturated rings. The second-order valence-electron chi connectivity index (χ2n) is 8.41. The van der Waals surface area contributed by atoms with Crippen molar-refractivity contribution in [3.05, 3.63) is 64.7 Å². The molecule has 0 aromatic heterocycles. The van der Waals surface area contributed by atoms with E-state index in [0.29, 0.717) is 17.7 Å². The molecule has 1 aliphatic heterocycles. The average molecular weight is 407 g/mol. The third-order valence-corrected chi connectivity index (χ3v) is 6.30. The summed E-state index contributed by atoms with van der Waals surface area (Å²) >= 11 is 0. The van der Waals surface area contributed by atoms with E-state index in [0.717, 1.165) is 5.56 Å². The topological polar surface area (TPSA) is 92.7 Å². The molecule has 3 unspecified atom stereocenters. The van der Waals surface area contributed by atoms with Crippen LogP contribution in [0.25, 0.3) is 0 Å². The zero-order valence-electron chi connectivity index (χ0n) is 17.5. The number of Topliss-reactive ketones (excluding diaryl/α,β-unsaturated/α-hetero) is 2. The summed E-state index contributed by atoms with van der Waals surface area (Å²) in [6.07, 6.45) is 0.489. The van der Waals surface area contributed by atoms with Crippen molar-refractivity contribution in [2.24, 2.45) is 5.92 Å². The Hall–Kier alpha value is -2.99. The van der Waals surface area contributed by atoms with Gasteiger partial charge in [0.15, 0.2) is 0 Å². The van der Waals surface area contributed by atoms with Crippen molar-refractivity contribution in [1.29, 1.82) is 0 Å². The molecular weight excluding hydrogens is 382 g/mol. The average Bonchev–Trinajstić information content (AvgIpc) is 3.09. The van der Waals surface area contributed by atoms with Crippen LogP contribution in [0.3, 0.4) is 0 Å². The second kappa shape index (κ2) is 6.77. The highest BCUT2D eigenvalue weighted by molar-refractivity contribution is 6.37. The van der Waals surface area contributed by atoms with E-state index < -0.39 is 34.7 Å². The van der Waals surface area contributed by atoms with Crippen molar-refractivity contribution in [2.75, 3.05) is 0 Å². The number of nitrogens with one attached hydrogen (secondary N) is 1. The first-order valence-electron chi connectivity index (χ1n) is 10.2. The summed E-state index contributed by atoms with van der Waals surface area (Å²) in [5.74, 6) is -4.15. The van der Waals surface area contributed by atoms with Crippen LogP contribution in [0.1, 0.15) is 67.1 Å². The minimum absolute atomic E-state index is 0.203. The first-order chi connectivity index (χ1) is 14.2. The van der Waals surface area contributed by atoms with E-state index in [4.69, 9.17) is 4.74 Å². The van der Waals surface area contributed by atoms with Crippen LogP contribution in [0.5, 0.6) is 5.75 Å². The number of carbonyl (C=O) groups is 3. The van der Waals surface area contributed by atoms with Crippen LogP contribution < -0.4 is 10.1 Å². The lowest BCUT2D eigenvalue weighted by molar-refractivity contribution is -0.176. The molecule has 1 amide bonds. The molecule has 1 heterocycles. The normalized spacial score (nSPS) is 24.7. The molecule has 6 heteroatoms. The first-order valence-corrected chi connectivity index (χ1v) is 10.2. The molecule has 6 nitrogen and oxygen atoms in total. The van der Waals surface area contributed by atoms with Gasteiger partial charge in [-0.25, -0.2) is 0 Å². The molecule has 156 valence electrons. The van der Waals surface area contributed by atoms with Gasteiger partial charge < -0.3 is 15.2 Å². The molecule has 4 rings (SSSR count). The van der Waals surface area contributed by atoms with Gasteiger partial charge in [0, 0.05) is 22.6 Å². The van der Waals surface area contributed by atoms with Gasteiger partial charge in [-0.05, 0) is 24.0 Å². The Morgan fingerprint density at radius 3 is 2.47 bits per heavy atom. The lowest BCUT2D eigenvalue weighted by atomic mass is 9.82. The molecule has 0 saturated carbocycles. The number of hydrogen-bond donors (Lipinski definition) is 2. The van der Waals surface area contributed by atoms with Crippen molar-refractivity contribution in [3.8, 4) is 5.75 Å². The molecule has 2 aromatic rings. The first kappa shape index (κ1) is 20.3. The Kier molecular flexibility index (Phi) is 4.58. The summed E-state index contributed by atoms with van der Waals surface area (Å²) in [5, 5.41) is 14.3. The number of hydrogen-bond acceptors (Lipinski definition) is 5. The standard InChI is InChI=1S/C24H25NO5/c1-5-14(4)20(26)22(28)25-23-18-11-10-15(13(2)3)12-19(18)30-24(23,29)17-9-7-6-8-16(17)21(23)27/h6-14,29H,5H2,1-4H3,(H,25,28). The third kappa shape index (κ3) is 2.50. The van der Waals surface area contributed by atoms with Crippen LogP contribution >= 0.6 is 0 Å². The summed E-state index contributed by atoms with van der Waals surface area (Å²) in [6, 6.07) is 11.9. The number of benzene rings is 2. The number of fused-ring (bicyclic) bond motifs is 5. The summed E-state index contributed by atoms with van der Waals surface area (Å²) in [7, 11) is 0. The van der Waals surface area contributed by atoms with E-state index in [1.165, 1.54) is 0 Å². The van der Waals surface area contributed by atoms with Crippen molar-refractivity contribution in [1.82, 2.24) is 5.32 Å². The Bertz CT molecular complexity index is 1080. The highest BCUT2D eigenvalue weighted by atomic mass is 16.6. The number of aliphatic hydroxyl groups is 1. The predicted octanol–water partition coefficient (Wildman–Crippen LogP) is 3.17. The maximum absolute atomic E-state index is 13.6. The van der Waals surface area contributed by atoms with Gasteiger partial charge in [-0.1, -0.05) is 64.1 Å². The number of ketones is 2. The van der Waals surface area contributed by atoms with Gasteiger partial charge in [-0.3, -0.25) is 14.4 Å². The fourth-order valence-corrected chi connectivity index (χ4v) is 4.27. The molecular formula is C24H25NO5. The minimum Gasteiger partial charge on any atom is -0.454 e. The van der Waals surface area contributed by atoms with Crippen LogP contribution in [0.2, 0.25) is 0 Å². The lowest BCUT2D eigenvalue weighted by Gasteiger charge is -2.34. The Balaban J connectivity index is 1.91. The molecule has 1 aliphatic carbocycles. The van der Waals surface area contributed by atoms with Crippen molar-refractivity contribution < 1.29 is 24.2 Å². The van der Waals surface area contributed by atoms with Crippen LogP contribution in [0.4, 0.5) is 0 Å². The summed E-state index contributed by atoms with van der Waals surface area (Å²) in [4.78, 5) is 39.0. The number of rotatable bonds is 5. The van der Waals surface area contributed by atoms with Crippen LogP contribution in [0.15, 0.2) is 42.5 Å². The predicted molar refractivity (Wildman–Crippen MR) is 110 cm³/mol. The maximum atomic E-state index is 13.6. The number of ether oxygens (including phenoxy) is 1. The monoisotopic (exact) mass is 407 g/mol. The van der Waals surface area contributed by atoms with Crippen LogP contribution in [-0.4, -0.2) is 22.6 Å². The molecule has 30 heavy (non-hydrogen) atoms. The Labute approximate surface area is 175 Å². The van der Waals surface area contributed by atoms with Crippen LogP contribution in [0, 0.1) is 5.92 Å². The maximum Gasteiger partial charge on any atom is 0.288 e. The van der Waals surface area contributed by atoms with Gasteiger partial charge >= 0.3 is 0 Å². The van der Waals surface area contributed by atoms with Gasteiger partial charge in [0.1, 0.15) is 5.75 Å². The highest BCUT2D eigenvalue weighted by Crippen LogP contribution is 2.58. The second-order valence-corrected chi connectivity index (χ2v) is 8.41. The molecule has 2 N–H and O–H groups in total. The Morgan fingerprint density at radius 2 is 1.80 bits per heavy atom. The van der Waals surface area contributed by atoms with Crippen molar-refractivity contribution in [2.45, 2.75) is 51.4 Å².